The summed E-state index contributed by atoms with van der Waals surface area (Å²) in [6, 6.07) is 4.94. The minimum absolute atomic E-state index is 0.114. The lowest BCUT2D eigenvalue weighted by atomic mass is 10.0. The Morgan fingerprint density at radius 2 is 2.00 bits per heavy atom. The van der Waals surface area contributed by atoms with Crippen molar-refractivity contribution in [1.29, 1.82) is 0 Å². The van der Waals surface area contributed by atoms with Crippen molar-refractivity contribution in [3.05, 3.63) is 29.8 Å². The van der Waals surface area contributed by atoms with Crippen molar-refractivity contribution in [2.45, 2.75) is 12.6 Å². The number of para-hydroxylation sites is 1. The summed E-state index contributed by atoms with van der Waals surface area (Å²) in [4.78, 5) is 11.6. The van der Waals surface area contributed by atoms with Gasteiger partial charge >= 0.3 is 6.18 Å². The van der Waals surface area contributed by atoms with Crippen LogP contribution in [0.4, 0.5) is 18.9 Å². The van der Waals surface area contributed by atoms with E-state index in [-0.39, 0.29) is 18.0 Å². The summed E-state index contributed by atoms with van der Waals surface area (Å²) in [7, 11) is 0. The van der Waals surface area contributed by atoms with Gasteiger partial charge in [-0.3, -0.25) is 4.79 Å². The predicted octanol–water partition coefficient (Wildman–Crippen LogP) is 2.68. The monoisotopic (exact) mass is 259 g/mol. The van der Waals surface area contributed by atoms with Crippen LogP contribution in [0, 0.1) is 5.92 Å². The van der Waals surface area contributed by atoms with Gasteiger partial charge in [-0.15, -0.1) is 0 Å². The molecule has 0 saturated carbocycles. The van der Waals surface area contributed by atoms with Crippen molar-refractivity contribution in [2.24, 2.45) is 5.92 Å². The van der Waals surface area contributed by atoms with Crippen LogP contribution in [-0.2, 0) is 15.7 Å². The summed E-state index contributed by atoms with van der Waals surface area (Å²) in [6.07, 6.45) is -4.28. The number of halogens is 3. The van der Waals surface area contributed by atoms with Crippen LogP contribution in [0.2, 0.25) is 0 Å². The highest BCUT2D eigenvalue weighted by atomic mass is 19.4. The fourth-order valence-electron chi connectivity index (χ4n) is 1.71. The van der Waals surface area contributed by atoms with E-state index in [1.54, 1.807) is 0 Å². The van der Waals surface area contributed by atoms with E-state index in [0.717, 1.165) is 6.07 Å². The van der Waals surface area contributed by atoms with Crippen molar-refractivity contribution in [1.82, 2.24) is 0 Å². The quantitative estimate of drug-likeness (QED) is 0.906. The lowest BCUT2D eigenvalue weighted by Crippen LogP contribution is -2.31. The molecule has 2 rings (SSSR count). The fourth-order valence-corrected chi connectivity index (χ4v) is 1.71. The van der Waals surface area contributed by atoms with E-state index in [9.17, 15) is 18.0 Å². The van der Waals surface area contributed by atoms with Crippen LogP contribution in [0.1, 0.15) is 12.0 Å². The van der Waals surface area contributed by atoms with Gasteiger partial charge in [0.2, 0.25) is 5.91 Å². The molecule has 6 heteroatoms. The highest BCUT2D eigenvalue weighted by Gasteiger charge is 2.33. The second kappa shape index (κ2) is 4.97. The molecule has 3 nitrogen and oxygen atoms in total. The van der Waals surface area contributed by atoms with Gasteiger partial charge in [-0.2, -0.15) is 13.2 Å². The molecular formula is C12H12F3NO2. The number of carbonyl (C=O) groups excluding carboxylic acids is 1. The zero-order valence-electron chi connectivity index (χ0n) is 9.46. The fraction of sp³-hybridized carbons (Fsp3) is 0.417. The first-order valence-electron chi connectivity index (χ1n) is 5.50. The zero-order chi connectivity index (χ0) is 13.2. The van der Waals surface area contributed by atoms with Gasteiger partial charge in [-0.1, -0.05) is 12.1 Å². The molecule has 1 aliphatic heterocycles. The first kappa shape index (κ1) is 12.9. The van der Waals surface area contributed by atoms with Crippen LogP contribution in [0.15, 0.2) is 24.3 Å². The van der Waals surface area contributed by atoms with E-state index in [1.165, 1.54) is 18.2 Å². The molecule has 18 heavy (non-hydrogen) atoms. The molecule has 1 aromatic rings. The van der Waals surface area contributed by atoms with Gasteiger partial charge < -0.3 is 10.1 Å². The maximum atomic E-state index is 12.7. The minimum Gasteiger partial charge on any atom is -0.381 e. The largest absolute Gasteiger partial charge is 0.418 e. The molecule has 0 aromatic heterocycles. The van der Waals surface area contributed by atoms with Gasteiger partial charge in [0.1, 0.15) is 0 Å². The average Bonchev–Trinajstić information content (AvgIpc) is 2.23. The van der Waals surface area contributed by atoms with Gasteiger partial charge in [-0.05, 0) is 12.1 Å². The molecule has 1 fully saturated rings. The standard InChI is InChI=1S/C12H12F3NO2/c13-12(14,15)9-3-1-2-4-10(9)16-11(17)5-8-6-18-7-8/h1-4,8H,5-7H2,(H,16,17). The number of nitrogens with one attached hydrogen (secondary N) is 1. The molecule has 1 aliphatic rings. The highest BCUT2D eigenvalue weighted by molar-refractivity contribution is 5.91. The smallest absolute Gasteiger partial charge is 0.381 e. The number of ether oxygens (including phenoxy) is 1. The van der Waals surface area contributed by atoms with Crippen LogP contribution < -0.4 is 5.32 Å². The summed E-state index contributed by atoms with van der Waals surface area (Å²) in [5.74, 6) is -0.303. The molecule has 1 saturated heterocycles. The van der Waals surface area contributed by atoms with Crippen molar-refractivity contribution in [2.75, 3.05) is 18.5 Å². The van der Waals surface area contributed by atoms with Crippen molar-refractivity contribution >= 4 is 11.6 Å². The van der Waals surface area contributed by atoms with Gasteiger partial charge in [0, 0.05) is 12.3 Å². The molecule has 0 aliphatic carbocycles. The van der Waals surface area contributed by atoms with E-state index in [2.05, 4.69) is 5.32 Å². The molecule has 98 valence electrons. The van der Waals surface area contributed by atoms with Crippen molar-refractivity contribution in [3.63, 3.8) is 0 Å². The number of rotatable bonds is 3. The number of hydrogen-bond donors (Lipinski definition) is 1. The Balaban J connectivity index is 2.06. The third-order valence-corrected chi connectivity index (χ3v) is 2.69. The summed E-state index contributed by atoms with van der Waals surface area (Å²) >= 11 is 0. The van der Waals surface area contributed by atoms with Crippen molar-refractivity contribution < 1.29 is 22.7 Å². The Bertz CT molecular complexity index is 441. The van der Waals surface area contributed by atoms with E-state index < -0.39 is 17.6 Å². The minimum atomic E-state index is -4.47. The molecule has 0 radical (unpaired) electrons. The maximum absolute atomic E-state index is 12.7. The lowest BCUT2D eigenvalue weighted by Gasteiger charge is -2.25. The van der Waals surface area contributed by atoms with Crippen LogP contribution in [0.25, 0.3) is 0 Å². The topological polar surface area (TPSA) is 38.3 Å². The number of carbonyl (C=O) groups is 1. The Hall–Kier alpha value is -1.56. The summed E-state index contributed by atoms with van der Waals surface area (Å²) < 4.78 is 42.9. The first-order valence-corrected chi connectivity index (χ1v) is 5.50. The number of hydrogen-bond acceptors (Lipinski definition) is 2. The van der Waals surface area contributed by atoms with Gasteiger partial charge in [0.15, 0.2) is 0 Å². The van der Waals surface area contributed by atoms with Crippen LogP contribution in [0.3, 0.4) is 0 Å². The number of anilines is 1. The predicted molar refractivity (Wildman–Crippen MR) is 59.0 cm³/mol. The molecular weight excluding hydrogens is 247 g/mol. The SMILES string of the molecule is O=C(CC1COC1)Nc1ccccc1C(F)(F)F. The van der Waals surface area contributed by atoms with E-state index in [0.29, 0.717) is 13.2 Å². The normalized spacial score (nSPS) is 16.2. The van der Waals surface area contributed by atoms with Crippen molar-refractivity contribution in [3.8, 4) is 0 Å². The molecule has 1 amide bonds. The van der Waals surface area contributed by atoms with E-state index in [1.807, 2.05) is 0 Å². The molecule has 1 aromatic carbocycles. The Kier molecular flexibility index (Phi) is 3.56. The second-order valence-electron chi connectivity index (χ2n) is 4.20. The molecule has 1 heterocycles. The molecule has 0 spiro atoms. The van der Waals surface area contributed by atoms with Crippen LogP contribution in [0.5, 0.6) is 0 Å². The third-order valence-electron chi connectivity index (χ3n) is 2.69. The molecule has 0 atom stereocenters. The van der Waals surface area contributed by atoms with Gasteiger partial charge in [-0.25, -0.2) is 0 Å². The van der Waals surface area contributed by atoms with Crippen LogP contribution >= 0.6 is 0 Å². The summed E-state index contributed by atoms with van der Waals surface area (Å²) in [6.45, 7) is 0.989. The number of alkyl halides is 3. The first-order chi connectivity index (χ1) is 8.47. The molecule has 1 N–H and O–H groups in total. The Labute approximate surface area is 102 Å². The molecule has 0 unspecified atom stereocenters. The number of amides is 1. The molecule has 0 bridgehead atoms. The zero-order valence-corrected chi connectivity index (χ0v) is 9.46. The highest BCUT2D eigenvalue weighted by Crippen LogP contribution is 2.34. The maximum Gasteiger partial charge on any atom is 0.418 e. The Morgan fingerprint density at radius 3 is 2.56 bits per heavy atom. The van der Waals surface area contributed by atoms with E-state index in [4.69, 9.17) is 4.74 Å². The number of benzene rings is 1. The third kappa shape index (κ3) is 3.01. The Morgan fingerprint density at radius 1 is 1.33 bits per heavy atom. The average molecular weight is 259 g/mol. The summed E-state index contributed by atoms with van der Waals surface area (Å²) in [5.41, 5.74) is -1.03. The second-order valence-corrected chi connectivity index (χ2v) is 4.20. The lowest BCUT2D eigenvalue weighted by molar-refractivity contribution is -0.137. The van der Waals surface area contributed by atoms with Gasteiger partial charge in [0.05, 0.1) is 24.5 Å². The van der Waals surface area contributed by atoms with Crippen LogP contribution in [-0.4, -0.2) is 19.1 Å². The summed E-state index contributed by atoms with van der Waals surface area (Å²) in [5, 5.41) is 2.30. The van der Waals surface area contributed by atoms with E-state index >= 15 is 0 Å². The van der Waals surface area contributed by atoms with Gasteiger partial charge in [0.25, 0.3) is 0 Å².